The van der Waals surface area contributed by atoms with Crippen LogP contribution in [0.15, 0.2) is 15.9 Å². The topological polar surface area (TPSA) is 52.7 Å². The first-order valence-electron chi connectivity index (χ1n) is 6.76. The third-order valence-corrected chi connectivity index (χ3v) is 5.41. The van der Waals surface area contributed by atoms with Gasteiger partial charge in [-0.05, 0) is 35.0 Å². The summed E-state index contributed by atoms with van der Waals surface area (Å²) < 4.78 is 1.14. The normalized spacial score (nSPS) is 20.4. The molecule has 0 bridgehead atoms. The molecule has 2 heterocycles. The maximum atomic E-state index is 9.03. The van der Waals surface area contributed by atoms with E-state index in [4.69, 9.17) is 10.8 Å². The van der Waals surface area contributed by atoms with Gasteiger partial charge in [0.05, 0.1) is 12.6 Å². The highest BCUT2D eigenvalue weighted by atomic mass is 79.9. The van der Waals surface area contributed by atoms with Crippen molar-refractivity contribution in [3.05, 3.63) is 20.8 Å². The number of nitrogens with zero attached hydrogens (tertiary/aromatic N) is 2. The van der Waals surface area contributed by atoms with Crippen molar-refractivity contribution in [2.24, 2.45) is 5.73 Å². The first kappa shape index (κ1) is 15.4. The molecular weight excluding hydrogens is 326 g/mol. The molecule has 1 saturated heterocycles. The summed E-state index contributed by atoms with van der Waals surface area (Å²) in [4.78, 5) is 6.15. The molecule has 4 nitrogen and oxygen atoms in total. The third kappa shape index (κ3) is 4.24. The van der Waals surface area contributed by atoms with E-state index < -0.39 is 0 Å². The van der Waals surface area contributed by atoms with Crippen molar-refractivity contribution in [2.75, 3.05) is 45.9 Å². The van der Waals surface area contributed by atoms with Crippen molar-refractivity contribution in [3.63, 3.8) is 0 Å². The summed E-state index contributed by atoms with van der Waals surface area (Å²) in [5, 5.41) is 11.2. The van der Waals surface area contributed by atoms with E-state index in [0.717, 1.165) is 43.6 Å². The largest absolute Gasteiger partial charge is 0.395 e. The smallest absolute Gasteiger partial charge is 0.0565 e. The minimum Gasteiger partial charge on any atom is -0.395 e. The van der Waals surface area contributed by atoms with Gasteiger partial charge in [-0.15, -0.1) is 11.3 Å². The molecule has 108 valence electrons. The van der Waals surface area contributed by atoms with Crippen LogP contribution in [0, 0.1) is 0 Å². The average molecular weight is 348 g/mol. The molecule has 0 aliphatic carbocycles. The maximum absolute atomic E-state index is 9.03. The molecule has 1 aliphatic rings. The molecule has 0 aromatic carbocycles. The summed E-state index contributed by atoms with van der Waals surface area (Å²) in [6.45, 7) is 5.89. The molecule has 1 unspecified atom stereocenters. The van der Waals surface area contributed by atoms with Gasteiger partial charge < -0.3 is 10.8 Å². The fourth-order valence-electron chi connectivity index (χ4n) is 2.62. The van der Waals surface area contributed by atoms with Crippen molar-refractivity contribution in [2.45, 2.75) is 12.5 Å². The SMILES string of the molecule is NCC(c1cc(Br)cs1)N1CCCN(CCO)CC1. The van der Waals surface area contributed by atoms with Crippen molar-refractivity contribution in [3.8, 4) is 0 Å². The predicted molar refractivity (Wildman–Crippen MR) is 83.5 cm³/mol. The standard InChI is InChI=1S/C13H22BrN3OS/c14-11-8-13(19-10-11)12(9-15)17-3-1-2-16(4-5-17)6-7-18/h8,10,12,18H,1-7,9,15H2. The summed E-state index contributed by atoms with van der Waals surface area (Å²) in [6.07, 6.45) is 1.14. The number of halogens is 1. The monoisotopic (exact) mass is 347 g/mol. The Balaban J connectivity index is 1.99. The Kier molecular flexibility index (Phi) is 6.25. The summed E-state index contributed by atoms with van der Waals surface area (Å²) in [5.41, 5.74) is 5.99. The minimum absolute atomic E-state index is 0.248. The second kappa shape index (κ2) is 7.71. The molecule has 1 aliphatic heterocycles. The molecule has 1 fully saturated rings. The Hall–Kier alpha value is 0.0200. The number of thiophene rings is 1. The van der Waals surface area contributed by atoms with Gasteiger partial charge in [0.25, 0.3) is 0 Å². The Morgan fingerprint density at radius 2 is 2.21 bits per heavy atom. The molecule has 1 aromatic heterocycles. The minimum atomic E-state index is 0.248. The lowest BCUT2D eigenvalue weighted by atomic mass is 10.2. The highest BCUT2D eigenvalue weighted by Crippen LogP contribution is 2.29. The predicted octanol–water partition coefficient (Wildman–Crippen LogP) is 1.51. The van der Waals surface area contributed by atoms with Crippen LogP contribution in [0.3, 0.4) is 0 Å². The van der Waals surface area contributed by atoms with Crippen LogP contribution in [0.1, 0.15) is 17.3 Å². The van der Waals surface area contributed by atoms with E-state index in [2.05, 4.69) is 37.2 Å². The van der Waals surface area contributed by atoms with Gasteiger partial charge in [-0.3, -0.25) is 9.80 Å². The number of hydrogen-bond acceptors (Lipinski definition) is 5. The van der Waals surface area contributed by atoms with Gasteiger partial charge in [0.2, 0.25) is 0 Å². The number of β-amino-alcohol motifs (C(OH)–C–C–N with tert-alkyl or cyclic N) is 1. The lowest BCUT2D eigenvalue weighted by Gasteiger charge is -2.29. The van der Waals surface area contributed by atoms with Crippen LogP contribution >= 0.6 is 27.3 Å². The molecule has 0 spiro atoms. The van der Waals surface area contributed by atoms with Crippen LogP contribution in [0.5, 0.6) is 0 Å². The summed E-state index contributed by atoms with van der Waals surface area (Å²) in [5.74, 6) is 0. The summed E-state index contributed by atoms with van der Waals surface area (Å²) in [7, 11) is 0. The van der Waals surface area contributed by atoms with E-state index in [0.29, 0.717) is 12.6 Å². The molecule has 19 heavy (non-hydrogen) atoms. The number of aliphatic hydroxyl groups excluding tert-OH is 1. The maximum Gasteiger partial charge on any atom is 0.0565 e. The summed E-state index contributed by atoms with van der Waals surface area (Å²) in [6, 6.07) is 2.50. The van der Waals surface area contributed by atoms with Crippen molar-refractivity contribution < 1.29 is 5.11 Å². The highest BCUT2D eigenvalue weighted by Gasteiger charge is 2.23. The van der Waals surface area contributed by atoms with E-state index in [1.54, 1.807) is 11.3 Å². The van der Waals surface area contributed by atoms with Gasteiger partial charge in [0.1, 0.15) is 0 Å². The second-order valence-electron chi connectivity index (χ2n) is 4.87. The number of nitrogens with two attached hydrogens (primary N) is 1. The highest BCUT2D eigenvalue weighted by molar-refractivity contribution is 9.10. The second-order valence-corrected chi connectivity index (χ2v) is 6.73. The first-order chi connectivity index (χ1) is 9.24. The van der Waals surface area contributed by atoms with Gasteiger partial charge in [-0.1, -0.05) is 0 Å². The van der Waals surface area contributed by atoms with E-state index in [9.17, 15) is 0 Å². The third-order valence-electron chi connectivity index (χ3n) is 3.62. The number of rotatable bonds is 5. The van der Waals surface area contributed by atoms with Crippen LogP contribution in [0.4, 0.5) is 0 Å². The van der Waals surface area contributed by atoms with E-state index in [-0.39, 0.29) is 6.61 Å². The molecule has 1 aromatic rings. The number of aliphatic hydroxyl groups is 1. The zero-order valence-electron chi connectivity index (χ0n) is 11.1. The molecular formula is C13H22BrN3OS. The van der Waals surface area contributed by atoms with Gasteiger partial charge in [-0.2, -0.15) is 0 Å². The van der Waals surface area contributed by atoms with Crippen molar-refractivity contribution >= 4 is 27.3 Å². The van der Waals surface area contributed by atoms with Gasteiger partial charge >= 0.3 is 0 Å². The molecule has 6 heteroatoms. The van der Waals surface area contributed by atoms with Gasteiger partial charge in [0.15, 0.2) is 0 Å². The van der Waals surface area contributed by atoms with Gasteiger partial charge in [-0.25, -0.2) is 0 Å². The molecule has 2 rings (SSSR count). The van der Waals surface area contributed by atoms with Crippen molar-refractivity contribution in [1.82, 2.24) is 9.80 Å². The van der Waals surface area contributed by atoms with Crippen LogP contribution in [0.25, 0.3) is 0 Å². The van der Waals surface area contributed by atoms with Crippen LogP contribution in [-0.2, 0) is 0 Å². The lowest BCUT2D eigenvalue weighted by Crippen LogP contribution is -2.37. The van der Waals surface area contributed by atoms with E-state index >= 15 is 0 Å². The van der Waals surface area contributed by atoms with Crippen molar-refractivity contribution in [1.29, 1.82) is 0 Å². The fraction of sp³-hybridized carbons (Fsp3) is 0.692. The van der Waals surface area contributed by atoms with E-state index in [1.165, 1.54) is 4.88 Å². The molecule has 0 amide bonds. The lowest BCUT2D eigenvalue weighted by molar-refractivity contribution is 0.183. The Labute approximate surface area is 127 Å². The van der Waals surface area contributed by atoms with Crippen LogP contribution in [-0.4, -0.2) is 60.8 Å². The fourth-order valence-corrected chi connectivity index (χ4v) is 4.21. The Bertz CT molecular complexity index is 388. The average Bonchev–Trinajstić information content (AvgIpc) is 2.69. The molecule has 0 saturated carbocycles. The van der Waals surface area contributed by atoms with Crippen LogP contribution < -0.4 is 5.73 Å². The Morgan fingerprint density at radius 1 is 1.37 bits per heavy atom. The van der Waals surface area contributed by atoms with Gasteiger partial charge in [0, 0.05) is 47.5 Å². The molecule has 1 atom stereocenters. The Morgan fingerprint density at radius 3 is 2.84 bits per heavy atom. The quantitative estimate of drug-likeness (QED) is 0.847. The zero-order chi connectivity index (χ0) is 13.7. The number of hydrogen-bond donors (Lipinski definition) is 2. The first-order valence-corrected chi connectivity index (χ1v) is 8.43. The van der Waals surface area contributed by atoms with E-state index in [1.807, 2.05) is 0 Å². The molecule has 0 radical (unpaired) electrons. The molecule has 3 N–H and O–H groups in total. The van der Waals surface area contributed by atoms with Crippen LogP contribution in [0.2, 0.25) is 0 Å². The zero-order valence-corrected chi connectivity index (χ0v) is 13.5. The summed E-state index contributed by atoms with van der Waals surface area (Å²) >= 11 is 5.29.